The van der Waals surface area contributed by atoms with E-state index in [-0.39, 0.29) is 35.8 Å². The molecular weight excluding hydrogens is 397 g/mol. The van der Waals surface area contributed by atoms with E-state index in [1.54, 1.807) is 19.0 Å². The Bertz CT molecular complexity index is 795. The molecule has 6 nitrogen and oxygen atoms in total. The van der Waals surface area contributed by atoms with Crippen molar-refractivity contribution in [3.8, 4) is 5.75 Å². The number of ether oxygens (including phenoxy) is 1. The summed E-state index contributed by atoms with van der Waals surface area (Å²) in [5, 5.41) is 3.00. The van der Waals surface area contributed by atoms with Gasteiger partial charge in [-0.25, -0.2) is 4.39 Å². The third-order valence-corrected chi connectivity index (χ3v) is 7.16. The summed E-state index contributed by atoms with van der Waals surface area (Å²) in [7, 11) is 3.45. The van der Waals surface area contributed by atoms with Crippen LogP contribution >= 0.6 is 0 Å². The number of carbonyl (C=O) groups is 2. The van der Waals surface area contributed by atoms with Crippen LogP contribution in [0.2, 0.25) is 0 Å². The lowest BCUT2D eigenvalue weighted by molar-refractivity contribution is -0.138. The van der Waals surface area contributed by atoms with E-state index < -0.39 is 0 Å². The van der Waals surface area contributed by atoms with Crippen LogP contribution < -0.4 is 15.8 Å². The van der Waals surface area contributed by atoms with E-state index in [9.17, 15) is 14.0 Å². The van der Waals surface area contributed by atoms with Crippen LogP contribution in [0.5, 0.6) is 5.75 Å². The molecule has 3 aliphatic rings. The molecule has 2 bridgehead atoms. The van der Waals surface area contributed by atoms with Crippen LogP contribution in [0.15, 0.2) is 36.2 Å². The minimum Gasteiger partial charge on any atom is -0.489 e. The minimum absolute atomic E-state index is 0.0245. The maximum Gasteiger partial charge on any atom is 0.226 e. The van der Waals surface area contributed by atoms with Gasteiger partial charge < -0.3 is 20.7 Å². The van der Waals surface area contributed by atoms with E-state index in [2.05, 4.69) is 17.4 Å². The van der Waals surface area contributed by atoms with E-state index in [4.69, 9.17) is 10.5 Å². The molecule has 2 amide bonds. The summed E-state index contributed by atoms with van der Waals surface area (Å²) in [6.45, 7) is 0.682. The Morgan fingerprint density at radius 1 is 1.13 bits per heavy atom. The van der Waals surface area contributed by atoms with Gasteiger partial charge in [-0.15, -0.1) is 0 Å². The van der Waals surface area contributed by atoms with E-state index >= 15 is 0 Å². The van der Waals surface area contributed by atoms with Crippen molar-refractivity contribution in [2.24, 2.45) is 11.1 Å². The Hall–Kier alpha value is -2.41. The maximum absolute atomic E-state index is 12.9. The van der Waals surface area contributed by atoms with E-state index in [1.165, 1.54) is 5.56 Å². The molecule has 0 aromatic heterocycles. The fraction of sp³-hybridized carbons (Fsp3) is 0.583. The molecule has 1 aromatic rings. The van der Waals surface area contributed by atoms with Gasteiger partial charge in [-0.1, -0.05) is 12.1 Å². The Labute approximate surface area is 184 Å². The number of hydrogen-bond donors (Lipinski definition) is 2. The van der Waals surface area contributed by atoms with Crippen LogP contribution in [0.25, 0.3) is 0 Å². The van der Waals surface area contributed by atoms with Gasteiger partial charge in [0.2, 0.25) is 11.8 Å². The molecule has 3 saturated carbocycles. The zero-order valence-electron chi connectivity index (χ0n) is 18.6. The first-order valence-corrected chi connectivity index (χ1v) is 11.0. The summed E-state index contributed by atoms with van der Waals surface area (Å²) in [6, 6.07) is 8.06. The number of nitrogens with zero attached hydrogens (tertiary/aromatic N) is 1. The molecule has 0 saturated heterocycles. The SMILES string of the molecule is CN(C)C(=O)CCNC(=O)C12CCC(c3ccc(OC/C(=C/F)CN)cc3)(CC1)CC2. The number of benzene rings is 1. The fourth-order valence-electron chi connectivity index (χ4n) is 4.87. The molecule has 0 unspecified atom stereocenters. The maximum atomic E-state index is 12.9. The van der Waals surface area contributed by atoms with Gasteiger partial charge in [0.05, 0.1) is 6.33 Å². The largest absolute Gasteiger partial charge is 0.489 e. The number of halogens is 1. The minimum atomic E-state index is -0.288. The number of hydrogen-bond acceptors (Lipinski definition) is 4. The highest BCUT2D eigenvalue weighted by Crippen LogP contribution is 2.57. The topological polar surface area (TPSA) is 84.7 Å². The molecule has 0 atom stereocenters. The lowest BCUT2D eigenvalue weighted by Crippen LogP contribution is -2.52. The number of amides is 2. The van der Waals surface area contributed by atoms with Gasteiger partial charge in [0, 0.05) is 44.6 Å². The summed E-state index contributed by atoms with van der Waals surface area (Å²) in [6.07, 6.45) is 6.41. The number of fused-ring (bicyclic) bond motifs is 3. The molecule has 0 spiro atoms. The highest BCUT2D eigenvalue weighted by Gasteiger charge is 2.52. The fourth-order valence-corrected chi connectivity index (χ4v) is 4.87. The van der Waals surface area contributed by atoms with Gasteiger partial charge in [0.15, 0.2) is 0 Å². The van der Waals surface area contributed by atoms with Crippen molar-refractivity contribution < 1.29 is 18.7 Å². The van der Waals surface area contributed by atoms with E-state index in [1.807, 2.05) is 12.1 Å². The summed E-state index contributed by atoms with van der Waals surface area (Å²) >= 11 is 0. The first-order chi connectivity index (χ1) is 14.8. The second-order valence-electron chi connectivity index (χ2n) is 9.14. The van der Waals surface area contributed by atoms with Crippen LogP contribution in [0, 0.1) is 5.41 Å². The first-order valence-electron chi connectivity index (χ1n) is 11.0. The lowest BCUT2D eigenvalue weighted by Gasteiger charge is -2.52. The normalized spacial score (nSPS) is 25.2. The van der Waals surface area contributed by atoms with Gasteiger partial charge in [0.25, 0.3) is 0 Å². The van der Waals surface area contributed by atoms with Crippen molar-refractivity contribution >= 4 is 11.8 Å². The average molecular weight is 432 g/mol. The van der Waals surface area contributed by atoms with Crippen molar-refractivity contribution in [2.75, 3.05) is 33.8 Å². The highest BCUT2D eigenvalue weighted by molar-refractivity contribution is 5.84. The quantitative estimate of drug-likeness (QED) is 0.629. The Kier molecular flexibility index (Phi) is 7.36. The third kappa shape index (κ3) is 5.09. The average Bonchev–Trinajstić information content (AvgIpc) is 2.81. The van der Waals surface area contributed by atoms with E-state index in [0.717, 1.165) is 38.5 Å². The van der Waals surface area contributed by atoms with Crippen molar-refractivity contribution in [3.63, 3.8) is 0 Å². The summed E-state index contributed by atoms with van der Waals surface area (Å²) < 4.78 is 18.2. The number of rotatable bonds is 9. The van der Waals surface area contributed by atoms with Gasteiger partial charge in [-0.3, -0.25) is 9.59 Å². The summed E-state index contributed by atoms with van der Waals surface area (Å²) in [4.78, 5) is 26.2. The molecule has 7 heteroatoms. The van der Waals surface area contributed by atoms with E-state index in [0.29, 0.717) is 30.6 Å². The van der Waals surface area contributed by atoms with Gasteiger partial charge in [-0.05, 0) is 61.6 Å². The molecular formula is C24H34FN3O3. The standard InChI is InChI=1S/C24H34FN3O3/c1-28(2)21(29)7-14-27-22(30)24-11-8-23(9-12-24,10-13-24)19-3-5-20(6-4-19)31-17-18(15-25)16-26/h3-6,15H,7-14,16-17,26H2,1-2H3,(H,27,30)/b18-15+. The summed E-state index contributed by atoms with van der Waals surface area (Å²) in [5.74, 6) is 0.824. The van der Waals surface area contributed by atoms with Crippen LogP contribution in [0.1, 0.15) is 50.5 Å². The molecule has 0 heterocycles. The molecule has 4 rings (SSSR count). The molecule has 3 N–H and O–H groups in total. The third-order valence-electron chi connectivity index (χ3n) is 7.16. The van der Waals surface area contributed by atoms with Crippen molar-refractivity contribution in [2.45, 2.75) is 50.4 Å². The van der Waals surface area contributed by atoms with Crippen molar-refractivity contribution in [1.29, 1.82) is 0 Å². The Morgan fingerprint density at radius 3 is 2.26 bits per heavy atom. The van der Waals surface area contributed by atoms with Crippen LogP contribution in [0.4, 0.5) is 4.39 Å². The monoisotopic (exact) mass is 431 g/mol. The molecule has 0 radical (unpaired) electrons. The predicted molar refractivity (Wildman–Crippen MR) is 118 cm³/mol. The lowest BCUT2D eigenvalue weighted by atomic mass is 9.51. The van der Waals surface area contributed by atoms with Crippen molar-refractivity contribution in [3.05, 3.63) is 41.7 Å². The Morgan fingerprint density at radius 2 is 1.74 bits per heavy atom. The molecule has 3 fully saturated rings. The molecule has 3 aliphatic carbocycles. The van der Waals surface area contributed by atoms with Crippen molar-refractivity contribution in [1.82, 2.24) is 10.2 Å². The van der Waals surface area contributed by atoms with Gasteiger partial charge in [0.1, 0.15) is 12.4 Å². The number of carbonyl (C=O) groups excluding carboxylic acids is 2. The second-order valence-corrected chi connectivity index (χ2v) is 9.14. The number of nitrogens with one attached hydrogen (secondary N) is 1. The predicted octanol–water partition coefficient (Wildman–Crippen LogP) is 3.06. The highest BCUT2D eigenvalue weighted by atomic mass is 19.1. The van der Waals surface area contributed by atoms with Crippen LogP contribution in [-0.2, 0) is 15.0 Å². The molecule has 170 valence electrons. The molecule has 1 aromatic carbocycles. The molecule has 31 heavy (non-hydrogen) atoms. The van der Waals surface area contributed by atoms with Gasteiger partial charge in [-0.2, -0.15) is 0 Å². The smallest absolute Gasteiger partial charge is 0.226 e. The van der Waals surface area contributed by atoms with Gasteiger partial charge >= 0.3 is 0 Å². The Balaban J connectivity index is 1.55. The zero-order chi connectivity index (χ0) is 22.5. The molecule has 0 aliphatic heterocycles. The summed E-state index contributed by atoms with van der Waals surface area (Å²) in [5.41, 5.74) is 6.99. The first kappa shape index (κ1) is 23.3. The number of nitrogens with two attached hydrogens (primary N) is 1. The van der Waals surface area contributed by atoms with Crippen LogP contribution in [-0.4, -0.2) is 50.5 Å². The van der Waals surface area contributed by atoms with Crippen LogP contribution in [0.3, 0.4) is 0 Å². The second kappa shape index (κ2) is 9.81. The zero-order valence-corrected chi connectivity index (χ0v) is 18.6.